The van der Waals surface area contributed by atoms with E-state index in [0.29, 0.717) is 11.3 Å². The van der Waals surface area contributed by atoms with Gasteiger partial charge in [0.1, 0.15) is 17.3 Å². The average Bonchev–Trinajstić information content (AvgIpc) is 3.13. The van der Waals surface area contributed by atoms with Crippen LogP contribution in [0, 0.1) is 12.7 Å². The highest BCUT2D eigenvalue weighted by Gasteiger charge is 2.31. The number of pyridine rings is 1. The van der Waals surface area contributed by atoms with Gasteiger partial charge in [-0.05, 0) is 36.8 Å². The van der Waals surface area contributed by atoms with E-state index in [2.05, 4.69) is 25.3 Å². The zero-order valence-electron chi connectivity index (χ0n) is 18.2. The summed E-state index contributed by atoms with van der Waals surface area (Å²) >= 11 is 5.86. The number of aromatic nitrogens is 4. The SMILES string of the molecule is Cc1c(NC(=O)c2cc(C(N)=O)nc3cc(F)c(Cl)cc23)nnn1Cc1ccc(OC(F)(F)F)cc1. The Labute approximate surface area is 204 Å². The molecule has 2 aromatic heterocycles. The van der Waals surface area contributed by atoms with Gasteiger partial charge in [0.15, 0.2) is 5.82 Å². The van der Waals surface area contributed by atoms with E-state index in [4.69, 9.17) is 17.3 Å². The molecule has 186 valence electrons. The molecule has 0 bridgehead atoms. The largest absolute Gasteiger partial charge is 0.573 e. The van der Waals surface area contributed by atoms with Crippen LogP contribution in [-0.2, 0) is 6.54 Å². The van der Waals surface area contributed by atoms with E-state index in [1.807, 2.05) is 0 Å². The van der Waals surface area contributed by atoms with E-state index in [0.717, 1.165) is 24.3 Å². The first-order valence-corrected chi connectivity index (χ1v) is 10.4. The Morgan fingerprint density at radius 1 is 1.17 bits per heavy atom. The Bertz CT molecular complexity index is 1490. The number of nitrogens with zero attached hydrogens (tertiary/aromatic N) is 4. The second-order valence-corrected chi connectivity index (χ2v) is 7.94. The molecule has 36 heavy (non-hydrogen) atoms. The number of halogens is 5. The summed E-state index contributed by atoms with van der Waals surface area (Å²) in [6.45, 7) is 1.75. The third-order valence-electron chi connectivity index (χ3n) is 5.05. The van der Waals surface area contributed by atoms with Crippen molar-refractivity contribution in [1.29, 1.82) is 0 Å². The molecule has 2 amide bonds. The van der Waals surface area contributed by atoms with E-state index in [1.54, 1.807) is 6.92 Å². The van der Waals surface area contributed by atoms with Crippen LogP contribution in [-0.4, -0.2) is 38.2 Å². The number of ether oxygens (including phenoxy) is 1. The maximum atomic E-state index is 13.9. The van der Waals surface area contributed by atoms with Crippen LogP contribution in [0.3, 0.4) is 0 Å². The average molecular weight is 523 g/mol. The van der Waals surface area contributed by atoms with Crippen LogP contribution in [0.2, 0.25) is 5.02 Å². The van der Waals surface area contributed by atoms with Crippen LogP contribution in [0.1, 0.15) is 32.1 Å². The topological polar surface area (TPSA) is 125 Å². The highest BCUT2D eigenvalue weighted by Crippen LogP contribution is 2.27. The van der Waals surface area contributed by atoms with E-state index in [1.165, 1.54) is 22.9 Å². The van der Waals surface area contributed by atoms with Gasteiger partial charge < -0.3 is 15.8 Å². The summed E-state index contributed by atoms with van der Waals surface area (Å²) in [4.78, 5) is 28.7. The predicted octanol–water partition coefficient (Wildman–Crippen LogP) is 4.23. The molecule has 2 aromatic carbocycles. The fourth-order valence-electron chi connectivity index (χ4n) is 3.31. The molecule has 3 N–H and O–H groups in total. The lowest BCUT2D eigenvalue weighted by atomic mass is 10.1. The third-order valence-corrected chi connectivity index (χ3v) is 5.34. The molecule has 0 atom stereocenters. The van der Waals surface area contributed by atoms with E-state index in [-0.39, 0.29) is 45.3 Å². The summed E-state index contributed by atoms with van der Waals surface area (Å²) < 4.78 is 56.2. The Hall–Kier alpha value is -4.26. The van der Waals surface area contributed by atoms with Gasteiger partial charge in [0.2, 0.25) is 0 Å². The van der Waals surface area contributed by atoms with Crippen molar-refractivity contribution in [3.8, 4) is 5.75 Å². The first-order chi connectivity index (χ1) is 16.9. The Morgan fingerprint density at radius 3 is 2.50 bits per heavy atom. The van der Waals surface area contributed by atoms with Crippen LogP contribution < -0.4 is 15.8 Å². The molecule has 0 saturated heterocycles. The van der Waals surface area contributed by atoms with Gasteiger partial charge in [-0.15, -0.1) is 18.3 Å². The Balaban J connectivity index is 1.58. The van der Waals surface area contributed by atoms with Crippen molar-refractivity contribution >= 4 is 40.1 Å². The number of amides is 2. The lowest BCUT2D eigenvalue weighted by Gasteiger charge is -2.10. The van der Waals surface area contributed by atoms with E-state index in [9.17, 15) is 27.2 Å². The van der Waals surface area contributed by atoms with Crippen molar-refractivity contribution < 1.29 is 31.9 Å². The van der Waals surface area contributed by atoms with Crippen LogP contribution in [0.5, 0.6) is 5.75 Å². The number of primary amides is 1. The van der Waals surface area contributed by atoms with Gasteiger partial charge in [0.05, 0.1) is 28.3 Å². The monoisotopic (exact) mass is 522 g/mol. The maximum Gasteiger partial charge on any atom is 0.573 e. The molecule has 0 fully saturated rings. The summed E-state index contributed by atoms with van der Waals surface area (Å²) in [6, 6.07) is 8.52. The lowest BCUT2D eigenvalue weighted by Crippen LogP contribution is -2.18. The quantitative estimate of drug-likeness (QED) is 0.365. The van der Waals surface area contributed by atoms with Gasteiger partial charge in [-0.1, -0.05) is 28.9 Å². The van der Waals surface area contributed by atoms with Gasteiger partial charge in [-0.25, -0.2) is 14.1 Å². The molecule has 0 unspecified atom stereocenters. The van der Waals surface area contributed by atoms with Crippen molar-refractivity contribution in [3.63, 3.8) is 0 Å². The minimum Gasteiger partial charge on any atom is -0.406 e. The molecule has 4 rings (SSSR count). The number of rotatable bonds is 6. The van der Waals surface area contributed by atoms with Crippen LogP contribution >= 0.6 is 11.6 Å². The number of alkyl halides is 3. The van der Waals surface area contributed by atoms with Crippen LogP contribution in [0.25, 0.3) is 10.9 Å². The second kappa shape index (κ2) is 9.41. The standard InChI is InChI=1S/C22H15ClF4N6O3/c1-10-20(31-32-33(10)9-11-2-4-12(5-3-11)36-22(25,26)27)30-21(35)14-7-18(19(28)34)29-17-8-16(24)15(23)6-13(14)17/h2-8H,9H2,1H3,(H2,28,34)(H,30,35). The van der Waals surface area contributed by atoms with Crippen molar-refractivity contribution in [2.45, 2.75) is 19.8 Å². The van der Waals surface area contributed by atoms with Crippen LogP contribution in [0.4, 0.5) is 23.4 Å². The lowest BCUT2D eigenvalue weighted by molar-refractivity contribution is -0.274. The number of fused-ring (bicyclic) bond motifs is 1. The van der Waals surface area contributed by atoms with Crippen molar-refractivity contribution in [1.82, 2.24) is 20.0 Å². The first kappa shape index (κ1) is 24.9. The third kappa shape index (κ3) is 5.35. The Kier molecular flexibility index (Phi) is 6.50. The summed E-state index contributed by atoms with van der Waals surface area (Å²) in [5.41, 5.74) is 6.00. The summed E-state index contributed by atoms with van der Waals surface area (Å²) in [5, 5.41) is 10.4. The van der Waals surface area contributed by atoms with E-state index < -0.39 is 24.0 Å². The zero-order chi connectivity index (χ0) is 26.2. The first-order valence-electron chi connectivity index (χ1n) is 10.1. The van der Waals surface area contributed by atoms with Crippen molar-refractivity contribution in [2.24, 2.45) is 5.73 Å². The maximum absolute atomic E-state index is 13.9. The number of nitrogens with one attached hydrogen (secondary N) is 1. The summed E-state index contributed by atoms with van der Waals surface area (Å²) in [6.07, 6.45) is -4.80. The molecular formula is C22H15ClF4N6O3. The number of hydrogen-bond acceptors (Lipinski definition) is 6. The molecular weight excluding hydrogens is 508 g/mol. The fourth-order valence-corrected chi connectivity index (χ4v) is 3.47. The molecule has 0 aliphatic carbocycles. The van der Waals surface area contributed by atoms with Gasteiger partial charge in [-0.3, -0.25) is 9.59 Å². The molecule has 0 aliphatic rings. The van der Waals surface area contributed by atoms with Gasteiger partial charge in [-0.2, -0.15) is 0 Å². The molecule has 9 nitrogen and oxygen atoms in total. The fraction of sp³-hybridized carbons (Fsp3) is 0.136. The van der Waals surface area contributed by atoms with Gasteiger partial charge in [0, 0.05) is 11.5 Å². The number of carbonyl (C=O) groups excluding carboxylic acids is 2. The second-order valence-electron chi connectivity index (χ2n) is 7.53. The molecule has 0 aliphatic heterocycles. The molecule has 14 heteroatoms. The van der Waals surface area contributed by atoms with Gasteiger partial charge in [0.25, 0.3) is 11.8 Å². The number of hydrogen-bond donors (Lipinski definition) is 2. The molecule has 0 spiro atoms. The number of benzene rings is 2. The van der Waals surface area contributed by atoms with Crippen LogP contribution in [0.15, 0.2) is 42.5 Å². The predicted molar refractivity (Wildman–Crippen MR) is 120 cm³/mol. The summed E-state index contributed by atoms with van der Waals surface area (Å²) in [5.74, 6) is -2.71. The van der Waals surface area contributed by atoms with Crippen molar-refractivity contribution in [2.75, 3.05) is 5.32 Å². The Morgan fingerprint density at radius 2 is 1.86 bits per heavy atom. The normalized spacial score (nSPS) is 11.5. The highest BCUT2D eigenvalue weighted by molar-refractivity contribution is 6.31. The highest BCUT2D eigenvalue weighted by atomic mass is 35.5. The minimum atomic E-state index is -4.80. The minimum absolute atomic E-state index is 0.00308. The zero-order valence-corrected chi connectivity index (χ0v) is 19.0. The molecule has 0 radical (unpaired) electrons. The number of anilines is 1. The number of nitrogens with two attached hydrogens (primary N) is 1. The van der Waals surface area contributed by atoms with Gasteiger partial charge >= 0.3 is 6.36 Å². The molecule has 4 aromatic rings. The smallest absolute Gasteiger partial charge is 0.406 e. The summed E-state index contributed by atoms with van der Waals surface area (Å²) in [7, 11) is 0. The van der Waals surface area contributed by atoms with Crippen molar-refractivity contribution in [3.05, 3.63) is 75.8 Å². The number of carbonyl (C=O) groups is 2. The molecule has 2 heterocycles. The molecule has 0 saturated carbocycles. The van der Waals surface area contributed by atoms with E-state index >= 15 is 0 Å².